The molecular weight excluding hydrogens is 422 g/mol. The fourth-order valence-electron chi connectivity index (χ4n) is 3.39. The van der Waals surface area contributed by atoms with Gasteiger partial charge in [0.2, 0.25) is 5.91 Å². The van der Waals surface area contributed by atoms with Crippen molar-refractivity contribution in [3.05, 3.63) is 53.6 Å². The zero-order valence-corrected chi connectivity index (χ0v) is 20.9. The number of hydrogen-bond acceptors (Lipinski definition) is 5. The Kier molecular flexibility index (Phi) is 8.52. The highest BCUT2D eigenvalue weighted by atomic mass is 32.2. The summed E-state index contributed by atoms with van der Waals surface area (Å²) >= 11 is 3.46. The van der Waals surface area contributed by atoms with Crippen LogP contribution in [0.4, 0.5) is 5.13 Å². The van der Waals surface area contributed by atoms with E-state index in [1.54, 1.807) is 11.3 Å². The Hall–Kier alpha value is -1.89. The molecule has 4 nitrogen and oxygen atoms in total. The van der Waals surface area contributed by atoms with E-state index in [9.17, 15) is 4.79 Å². The molecule has 0 aliphatic heterocycles. The Morgan fingerprint density at radius 3 is 2.42 bits per heavy atom. The average Bonchev–Trinajstić information content (AvgIpc) is 3.14. The summed E-state index contributed by atoms with van der Waals surface area (Å²) in [6, 6.07) is 14.8. The van der Waals surface area contributed by atoms with Crippen molar-refractivity contribution in [2.45, 2.75) is 50.2 Å². The first-order chi connectivity index (χ1) is 14.9. The zero-order chi connectivity index (χ0) is 22.4. The van der Waals surface area contributed by atoms with Crippen molar-refractivity contribution in [3.8, 4) is 0 Å². The molecule has 166 valence electrons. The molecule has 0 bridgehead atoms. The van der Waals surface area contributed by atoms with Crippen molar-refractivity contribution >= 4 is 44.4 Å². The van der Waals surface area contributed by atoms with Crippen LogP contribution in [0, 0.1) is 0 Å². The smallest absolute Gasteiger partial charge is 0.233 e. The summed E-state index contributed by atoms with van der Waals surface area (Å²) in [5.74, 6) is 0.109. The van der Waals surface area contributed by atoms with Gasteiger partial charge in [0.1, 0.15) is 0 Å². The van der Waals surface area contributed by atoms with Gasteiger partial charge in [0, 0.05) is 16.7 Å². The number of aromatic nitrogens is 1. The van der Waals surface area contributed by atoms with Gasteiger partial charge in [0.15, 0.2) is 5.13 Å². The first kappa shape index (κ1) is 23.8. The Bertz CT molecular complexity index is 996. The lowest BCUT2D eigenvalue weighted by atomic mass is 10.1. The normalized spacial score (nSPS) is 11.6. The predicted octanol–water partition coefficient (Wildman–Crippen LogP) is 5.89. The molecule has 1 amide bonds. The Balaban J connectivity index is 1.79. The molecule has 0 saturated carbocycles. The van der Waals surface area contributed by atoms with E-state index >= 15 is 0 Å². The van der Waals surface area contributed by atoms with Gasteiger partial charge >= 0.3 is 0 Å². The van der Waals surface area contributed by atoms with Gasteiger partial charge in [0.25, 0.3) is 0 Å². The third-order valence-electron chi connectivity index (χ3n) is 5.02. The van der Waals surface area contributed by atoms with Gasteiger partial charge < -0.3 is 4.90 Å². The topological polar surface area (TPSA) is 36.4 Å². The highest BCUT2D eigenvalue weighted by molar-refractivity contribution is 7.99. The second-order valence-corrected chi connectivity index (χ2v) is 11.0. The summed E-state index contributed by atoms with van der Waals surface area (Å²) in [6.07, 6.45) is 2.31. The quantitative estimate of drug-likeness (QED) is 0.357. The molecule has 3 rings (SSSR count). The zero-order valence-electron chi connectivity index (χ0n) is 19.2. The summed E-state index contributed by atoms with van der Waals surface area (Å²) in [7, 11) is 4.12. The molecule has 0 N–H and O–H groups in total. The molecule has 0 radical (unpaired) electrons. The second-order valence-electron chi connectivity index (χ2n) is 8.34. The number of thiazole rings is 1. The van der Waals surface area contributed by atoms with E-state index in [1.165, 1.54) is 10.5 Å². The summed E-state index contributed by atoms with van der Waals surface area (Å²) < 4.78 is 1.15. The van der Waals surface area contributed by atoms with Crippen molar-refractivity contribution < 1.29 is 4.79 Å². The SMILES string of the molecule is CCc1ccc2nc(N(CCCN(C)C)C(=O)Cc3ccc(SC(C)C)cc3)sc2c1. The van der Waals surface area contributed by atoms with E-state index in [2.05, 4.69) is 82.2 Å². The van der Waals surface area contributed by atoms with Crippen LogP contribution in [0.3, 0.4) is 0 Å². The number of aryl methyl sites for hydroxylation is 1. The molecule has 0 aliphatic carbocycles. The number of carbonyl (C=O) groups excluding carboxylic acids is 1. The molecule has 0 aliphatic rings. The highest BCUT2D eigenvalue weighted by Crippen LogP contribution is 2.30. The van der Waals surface area contributed by atoms with Gasteiger partial charge in [-0.05, 0) is 68.9 Å². The van der Waals surface area contributed by atoms with E-state index in [1.807, 2.05) is 16.7 Å². The Morgan fingerprint density at radius 1 is 1.06 bits per heavy atom. The largest absolute Gasteiger partial charge is 0.309 e. The molecule has 6 heteroatoms. The number of fused-ring (bicyclic) bond motifs is 1. The molecule has 1 heterocycles. The average molecular weight is 456 g/mol. The lowest BCUT2D eigenvalue weighted by molar-refractivity contribution is -0.118. The van der Waals surface area contributed by atoms with Crippen LogP contribution >= 0.6 is 23.1 Å². The summed E-state index contributed by atoms with van der Waals surface area (Å²) in [4.78, 5) is 23.4. The van der Waals surface area contributed by atoms with Crippen LogP contribution in [-0.4, -0.2) is 48.2 Å². The summed E-state index contributed by atoms with van der Waals surface area (Å²) in [5.41, 5.74) is 3.32. The van der Waals surface area contributed by atoms with Crippen LogP contribution < -0.4 is 4.90 Å². The van der Waals surface area contributed by atoms with E-state index in [-0.39, 0.29) is 5.91 Å². The lowest BCUT2D eigenvalue weighted by Crippen LogP contribution is -2.34. The van der Waals surface area contributed by atoms with Crippen LogP contribution in [-0.2, 0) is 17.6 Å². The van der Waals surface area contributed by atoms with Crippen LogP contribution in [0.1, 0.15) is 38.3 Å². The monoisotopic (exact) mass is 455 g/mol. The number of benzene rings is 2. The van der Waals surface area contributed by atoms with Crippen molar-refractivity contribution in [2.24, 2.45) is 0 Å². The lowest BCUT2D eigenvalue weighted by Gasteiger charge is -2.21. The van der Waals surface area contributed by atoms with E-state index in [0.29, 0.717) is 18.2 Å². The summed E-state index contributed by atoms with van der Waals surface area (Å²) in [6.45, 7) is 8.16. The number of nitrogens with zero attached hydrogens (tertiary/aromatic N) is 3. The van der Waals surface area contributed by atoms with Crippen molar-refractivity contribution in [3.63, 3.8) is 0 Å². The van der Waals surface area contributed by atoms with Crippen LogP contribution in [0.2, 0.25) is 0 Å². The number of thioether (sulfide) groups is 1. The summed E-state index contributed by atoms with van der Waals surface area (Å²) in [5, 5.41) is 1.35. The molecular formula is C25H33N3OS2. The molecule has 0 saturated heterocycles. The van der Waals surface area contributed by atoms with Crippen molar-refractivity contribution in [1.29, 1.82) is 0 Å². The minimum atomic E-state index is 0.109. The maximum atomic E-state index is 13.3. The standard InChI is InChI=1S/C25H33N3OS2/c1-6-19-10-13-22-23(16-19)31-25(26-22)28(15-7-14-27(4)5)24(29)17-20-8-11-21(12-9-20)30-18(2)3/h8-13,16,18H,6-7,14-15,17H2,1-5H3. The fraction of sp³-hybridized carbons (Fsp3) is 0.440. The minimum Gasteiger partial charge on any atom is -0.309 e. The third-order valence-corrected chi connectivity index (χ3v) is 7.08. The number of anilines is 1. The molecule has 31 heavy (non-hydrogen) atoms. The number of carbonyl (C=O) groups is 1. The molecule has 0 unspecified atom stereocenters. The van der Waals surface area contributed by atoms with Gasteiger partial charge in [0.05, 0.1) is 16.6 Å². The second kappa shape index (κ2) is 11.1. The van der Waals surface area contributed by atoms with Gasteiger partial charge in [-0.2, -0.15) is 0 Å². The van der Waals surface area contributed by atoms with E-state index < -0.39 is 0 Å². The molecule has 1 aromatic heterocycles. The number of rotatable bonds is 10. The minimum absolute atomic E-state index is 0.109. The molecule has 0 fully saturated rings. The maximum Gasteiger partial charge on any atom is 0.233 e. The van der Waals surface area contributed by atoms with Gasteiger partial charge in [-0.1, -0.05) is 50.3 Å². The van der Waals surface area contributed by atoms with E-state index in [0.717, 1.165) is 40.3 Å². The van der Waals surface area contributed by atoms with Crippen LogP contribution in [0.25, 0.3) is 10.2 Å². The maximum absolute atomic E-state index is 13.3. The molecule has 0 spiro atoms. The molecule has 2 aromatic carbocycles. The van der Waals surface area contributed by atoms with Crippen LogP contribution in [0.15, 0.2) is 47.4 Å². The highest BCUT2D eigenvalue weighted by Gasteiger charge is 2.20. The predicted molar refractivity (Wildman–Crippen MR) is 136 cm³/mol. The van der Waals surface area contributed by atoms with E-state index in [4.69, 9.17) is 4.98 Å². The third kappa shape index (κ3) is 6.79. The first-order valence-electron chi connectivity index (χ1n) is 11.0. The van der Waals surface area contributed by atoms with Gasteiger partial charge in [-0.25, -0.2) is 4.98 Å². The van der Waals surface area contributed by atoms with Gasteiger partial charge in [-0.3, -0.25) is 9.69 Å². The molecule has 0 atom stereocenters. The number of amides is 1. The first-order valence-corrected chi connectivity index (χ1v) is 12.7. The van der Waals surface area contributed by atoms with Gasteiger partial charge in [-0.15, -0.1) is 11.8 Å². The number of hydrogen-bond donors (Lipinski definition) is 0. The molecule has 3 aromatic rings. The van der Waals surface area contributed by atoms with Crippen LogP contribution in [0.5, 0.6) is 0 Å². The Labute approximate surface area is 194 Å². The van der Waals surface area contributed by atoms with Crippen molar-refractivity contribution in [1.82, 2.24) is 9.88 Å². The fourth-order valence-corrected chi connectivity index (χ4v) is 5.30. The Morgan fingerprint density at radius 2 is 1.77 bits per heavy atom. The van der Waals surface area contributed by atoms with Crippen molar-refractivity contribution in [2.75, 3.05) is 32.1 Å².